The van der Waals surface area contributed by atoms with Gasteiger partial charge in [0, 0.05) is 12.7 Å². The largest absolute Gasteiger partial charge is 0.375 e. The van der Waals surface area contributed by atoms with Crippen molar-refractivity contribution in [1.82, 2.24) is 0 Å². The second kappa shape index (κ2) is 6.64. The minimum Gasteiger partial charge on any atom is -0.375 e. The van der Waals surface area contributed by atoms with E-state index in [2.05, 4.69) is 15.9 Å². The number of ketones is 1. The van der Waals surface area contributed by atoms with Gasteiger partial charge in [-0.1, -0.05) is 76.6 Å². The first-order valence-corrected chi connectivity index (χ1v) is 6.96. The van der Waals surface area contributed by atoms with Gasteiger partial charge in [-0.25, -0.2) is 0 Å². The maximum Gasteiger partial charge on any atom is 0.179 e. The summed E-state index contributed by atoms with van der Waals surface area (Å²) in [5, 5.41) is 0. The van der Waals surface area contributed by atoms with Crippen LogP contribution in [0.15, 0.2) is 60.7 Å². The Labute approximate surface area is 121 Å². The standard InChI is InChI=1S/C16H15BrO2/c1-19-16(13-10-6-3-7-11-13)14(17)15(18)12-8-4-2-5-9-12/h2-11,14,16H,1H3/t14-,16+/m0/s1. The molecule has 2 rings (SSSR count). The van der Waals surface area contributed by atoms with E-state index in [1.54, 1.807) is 7.11 Å². The Hall–Kier alpha value is -1.45. The lowest BCUT2D eigenvalue weighted by atomic mass is 10.00. The van der Waals surface area contributed by atoms with Crippen molar-refractivity contribution in [2.24, 2.45) is 0 Å². The van der Waals surface area contributed by atoms with E-state index in [-0.39, 0.29) is 11.9 Å². The van der Waals surface area contributed by atoms with Crippen molar-refractivity contribution < 1.29 is 9.53 Å². The normalized spacial score (nSPS) is 13.8. The quantitative estimate of drug-likeness (QED) is 0.614. The fourth-order valence-corrected chi connectivity index (χ4v) is 2.75. The molecule has 0 fully saturated rings. The molecule has 0 N–H and O–H groups in total. The second-order valence-corrected chi connectivity index (χ2v) is 5.19. The van der Waals surface area contributed by atoms with E-state index in [9.17, 15) is 4.79 Å². The lowest BCUT2D eigenvalue weighted by molar-refractivity contribution is 0.0770. The zero-order valence-corrected chi connectivity index (χ0v) is 12.2. The molecule has 0 bridgehead atoms. The van der Waals surface area contributed by atoms with Crippen molar-refractivity contribution >= 4 is 21.7 Å². The Morgan fingerprint density at radius 3 is 2.05 bits per heavy atom. The average molecular weight is 319 g/mol. The molecule has 0 aliphatic rings. The molecular formula is C16H15BrO2. The van der Waals surface area contributed by atoms with Crippen LogP contribution in [-0.2, 0) is 4.74 Å². The van der Waals surface area contributed by atoms with Gasteiger partial charge in [-0.05, 0) is 5.56 Å². The fourth-order valence-electron chi connectivity index (χ4n) is 1.97. The maximum atomic E-state index is 12.4. The molecule has 2 nitrogen and oxygen atoms in total. The molecule has 0 amide bonds. The number of rotatable bonds is 5. The van der Waals surface area contributed by atoms with E-state index in [0.29, 0.717) is 5.56 Å². The molecule has 0 spiro atoms. The summed E-state index contributed by atoms with van der Waals surface area (Å²) in [5.41, 5.74) is 1.67. The Kier molecular flexibility index (Phi) is 4.88. The zero-order valence-electron chi connectivity index (χ0n) is 10.6. The van der Waals surface area contributed by atoms with Crippen molar-refractivity contribution in [1.29, 1.82) is 0 Å². The molecule has 2 aromatic carbocycles. The van der Waals surface area contributed by atoms with E-state index in [1.165, 1.54) is 0 Å². The molecule has 0 aliphatic heterocycles. The van der Waals surface area contributed by atoms with Crippen LogP contribution in [0.4, 0.5) is 0 Å². The minimum absolute atomic E-state index is 0.0244. The zero-order chi connectivity index (χ0) is 13.7. The smallest absolute Gasteiger partial charge is 0.179 e. The number of hydrogen-bond acceptors (Lipinski definition) is 2. The number of carbonyl (C=O) groups excluding carboxylic acids is 1. The van der Waals surface area contributed by atoms with E-state index in [0.717, 1.165) is 5.56 Å². The van der Waals surface area contributed by atoms with Crippen molar-refractivity contribution in [3.05, 3.63) is 71.8 Å². The lowest BCUT2D eigenvalue weighted by Gasteiger charge is -2.20. The number of carbonyl (C=O) groups is 1. The third-order valence-electron chi connectivity index (χ3n) is 2.96. The van der Waals surface area contributed by atoms with Crippen molar-refractivity contribution in [3.63, 3.8) is 0 Å². The molecule has 3 heteroatoms. The van der Waals surface area contributed by atoms with Crippen LogP contribution in [0.25, 0.3) is 0 Å². The first-order chi connectivity index (χ1) is 9.24. The van der Waals surface area contributed by atoms with Gasteiger partial charge in [0.2, 0.25) is 0 Å². The van der Waals surface area contributed by atoms with Gasteiger partial charge < -0.3 is 4.74 Å². The molecule has 0 saturated heterocycles. The molecular weight excluding hydrogens is 304 g/mol. The molecule has 0 aromatic heterocycles. The summed E-state index contributed by atoms with van der Waals surface area (Å²) in [5.74, 6) is 0.0244. The van der Waals surface area contributed by atoms with Gasteiger partial charge in [0.05, 0.1) is 0 Å². The number of ether oxygens (including phenoxy) is 1. The highest BCUT2D eigenvalue weighted by molar-refractivity contribution is 9.10. The van der Waals surface area contributed by atoms with Crippen LogP contribution in [0.1, 0.15) is 22.0 Å². The molecule has 0 radical (unpaired) electrons. The summed E-state index contributed by atoms with van der Waals surface area (Å²) in [6.07, 6.45) is -0.297. The van der Waals surface area contributed by atoms with E-state index in [1.807, 2.05) is 60.7 Å². The van der Waals surface area contributed by atoms with E-state index in [4.69, 9.17) is 4.74 Å². The first kappa shape index (κ1) is 14.0. The first-order valence-electron chi connectivity index (χ1n) is 6.05. The van der Waals surface area contributed by atoms with Gasteiger partial charge in [-0.3, -0.25) is 4.79 Å². The number of halogens is 1. The van der Waals surface area contributed by atoms with Crippen LogP contribution < -0.4 is 0 Å². The summed E-state index contributed by atoms with van der Waals surface area (Å²) in [4.78, 5) is 12.0. The van der Waals surface area contributed by atoms with E-state index < -0.39 is 4.83 Å². The molecule has 2 atom stereocenters. The molecule has 0 saturated carbocycles. The SMILES string of the molecule is CO[C@H](c1ccccc1)[C@@H](Br)C(=O)c1ccccc1. The average Bonchev–Trinajstić information content (AvgIpc) is 2.49. The van der Waals surface area contributed by atoms with Crippen LogP contribution in [0.3, 0.4) is 0 Å². The highest BCUT2D eigenvalue weighted by Crippen LogP contribution is 2.28. The molecule has 2 aromatic rings. The third-order valence-corrected chi connectivity index (χ3v) is 3.85. The third kappa shape index (κ3) is 3.31. The van der Waals surface area contributed by atoms with Crippen LogP contribution in [0.5, 0.6) is 0 Å². The number of Topliss-reactive ketones (excluding diaryl/α,β-unsaturated/α-hetero) is 1. The van der Waals surface area contributed by atoms with Crippen LogP contribution in [0, 0.1) is 0 Å². The van der Waals surface area contributed by atoms with Gasteiger partial charge in [-0.2, -0.15) is 0 Å². The molecule has 0 unspecified atom stereocenters. The fraction of sp³-hybridized carbons (Fsp3) is 0.188. The molecule has 0 heterocycles. The summed E-state index contributed by atoms with van der Waals surface area (Å²) in [7, 11) is 1.62. The lowest BCUT2D eigenvalue weighted by Crippen LogP contribution is -2.24. The van der Waals surface area contributed by atoms with Crippen molar-refractivity contribution in [2.45, 2.75) is 10.9 Å². The number of alkyl halides is 1. The second-order valence-electron chi connectivity index (χ2n) is 4.20. The maximum absolute atomic E-state index is 12.4. The summed E-state index contributed by atoms with van der Waals surface area (Å²) in [6, 6.07) is 19.0. The van der Waals surface area contributed by atoms with Gasteiger partial charge in [-0.15, -0.1) is 0 Å². The van der Waals surface area contributed by atoms with Crippen molar-refractivity contribution in [3.8, 4) is 0 Å². The molecule has 98 valence electrons. The number of hydrogen-bond donors (Lipinski definition) is 0. The number of methoxy groups -OCH3 is 1. The highest BCUT2D eigenvalue weighted by Gasteiger charge is 2.27. The van der Waals surface area contributed by atoms with Gasteiger partial charge in [0.25, 0.3) is 0 Å². The van der Waals surface area contributed by atoms with Crippen LogP contribution in [-0.4, -0.2) is 17.7 Å². The monoisotopic (exact) mass is 318 g/mol. The Bertz CT molecular complexity index is 525. The van der Waals surface area contributed by atoms with E-state index >= 15 is 0 Å². The van der Waals surface area contributed by atoms with Crippen LogP contribution >= 0.6 is 15.9 Å². The van der Waals surface area contributed by atoms with Gasteiger partial charge in [0.15, 0.2) is 5.78 Å². The molecule has 0 aliphatic carbocycles. The van der Waals surface area contributed by atoms with Gasteiger partial charge in [0.1, 0.15) is 10.9 Å². The predicted molar refractivity (Wildman–Crippen MR) is 79.7 cm³/mol. The Balaban J connectivity index is 2.22. The summed E-state index contributed by atoms with van der Waals surface area (Å²) >= 11 is 3.47. The molecule has 19 heavy (non-hydrogen) atoms. The topological polar surface area (TPSA) is 26.3 Å². The highest BCUT2D eigenvalue weighted by atomic mass is 79.9. The predicted octanol–water partition coefficient (Wildman–Crippen LogP) is 4.02. The Morgan fingerprint density at radius 1 is 1.00 bits per heavy atom. The van der Waals surface area contributed by atoms with Gasteiger partial charge >= 0.3 is 0 Å². The summed E-state index contributed by atoms with van der Waals surface area (Å²) in [6.45, 7) is 0. The van der Waals surface area contributed by atoms with Crippen LogP contribution in [0.2, 0.25) is 0 Å². The minimum atomic E-state index is -0.401. The Morgan fingerprint density at radius 2 is 1.53 bits per heavy atom. The summed E-state index contributed by atoms with van der Waals surface area (Å²) < 4.78 is 5.47. The number of benzene rings is 2. The van der Waals surface area contributed by atoms with Crippen molar-refractivity contribution in [2.75, 3.05) is 7.11 Å².